The quantitative estimate of drug-likeness (QED) is 0.393. The summed E-state index contributed by atoms with van der Waals surface area (Å²) in [7, 11) is -3.74. The fourth-order valence-electron chi connectivity index (χ4n) is 4.24. The Hall–Kier alpha value is -3.17. The third kappa shape index (κ3) is 5.48. The normalized spacial score (nSPS) is 17.0. The molecule has 180 valence electrons. The predicted molar refractivity (Wildman–Crippen MR) is 132 cm³/mol. The molecule has 0 radical (unpaired) electrons. The second-order valence-corrected chi connectivity index (χ2v) is 11.0. The number of hydrogen-bond acceptors (Lipinski definition) is 5. The molecule has 9 heteroatoms. The first kappa shape index (κ1) is 24.0. The van der Waals surface area contributed by atoms with Crippen LogP contribution in [0.15, 0.2) is 59.9 Å². The number of fused-ring (bicyclic) bond motifs is 1. The summed E-state index contributed by atoms with van der Waals surface area (Å²) >= 11 is 0. The van der Waals surface area contributed by atoms with Gasteiger partial charge in [0.05, 0.1) is 17.3 Å². The van der Waals surface area contributed by atoms with Gasteiger partial charge in [-0.15, -0.1) is 0 Å². The van der Waals surface area contributed by atoms with Crippen LogP contribution in [0.3, 0.4) is 0 Å². The Morgan fingerprint density at radius 1 is 1.18 bits per heavy atom. The fraction of sp³-hybridized carbons (Fsp3) is 0.360. The minimum Gasteiger partial charge on any atom is -0.380 e. The molecule has 34 heavy (non-hydrogen) atoms. The number of aromatic amines is 1. The Bertz CT molecular complexity index is 1250. The Morgan fingerprint density at radius 2 is 1.94 bits per heavy atom. The zero-order valence-electron chi connectivity index (χ0n) is 19.7. The summed E-state index contributed by atoms with van der Waals surface area (Å²) in [5, 5.41) is 6.37. The maximum Gasteiger partial charge on any atom is 0.251 e. The zero-order chi connectivity index (χ0) is 24.3. The molecule has 2 heterocycles. The number of nitrogens with zero attached hydrogens (tertiary/aromatic N) is 1. The number of H-pyrrole nitrogens is 1. The summed E-state index contributed by atoms with van der Waals surface area (Å²) in [5.41, 5.74) is 3.77. The molecule has 0 aliphatic carbocycles. The van der Waals surface area contributed by atoms with Gasteiger partial charge < -0.3 is 15.6 Å². The van der Waals surface area contributed by atoms with E-state index in [1.165, 1.54) is 0 Å². The van der Waals surface area contributed by atoms with Crippen molar-refractivity contribution in [2.75, 3.05) is 11.9 Å². The molecule has 0 saturated heterocycles. The second-order valence-electron chi connectivity index (χ2n) is 9.27. The van der Waals surface area contributed by atoms with E-state index in [1.54, 1.807) is 36.8 Å². The van der Waals surface area contributed by atoms with Crippen LogP contribution >= 0.6 is 0 Å². The van der Waals surface area contributed by atoms with Gasteiger partial charge in [-0.1, -0.05) is 19.1 Å². The molecule has 8 nitrogen and oxygen atoms in total. The third-order valence-electron chi connectivity index (χ3n) is 6.05. The standard InChI is InChI=1S/C25H31N5O3S/c1-4-17-5-8-20(9-6-17)34(32,33)30-23-14-25(2,3)29-22-10-7-18(13-21(22)23)24(31)27-12-11-19-15-26-16-28-19/h5-10,13,15-16,23,29-30H,4,11-12,14H2,1-3H3,(H,26,28)(H,27,31)/t23-/m0/s1. The van der Waals surface area contributed by atoms with E-state index < -0.39 is 16.1 Å². The molecule has 0 fully saturated rings. The number of hydrogen-bond donors (Lipinski definition) is 4. The molecule has 4 rings (SSSR count). The largest absolute Gasteiger partial charge is 0.380 e. The van der Waals surface area contributed by atoms with Crippen LogP contribution < -0.4 is 15.4 Å². The minimum atomic E-state index is -3.74. The van der Waals surface area contributed by atoms with Crippen LogP contribution in [-0.2, 0) is 22.9 Å². The molecule has 0 spiro atoms. The summed E-state index contributed by atoms with van der Waals surface area (Å²) in [4.78, 5) is 20.0. The van der Waals surface area contributed by atoms with E-state index in [2.05, 4.69) is 25.3 Å². The van der Waals surface area contributed by atoms with Crippen molar-refractivity contribution < 1.29 is 13.2 Å². The van der Waals surface area contributed by atoms with E-state index >= 15 is 0 Å². The van der Waals surface area contributed by atoms with Gasteiger partial charge in [-0.2, -0.15) is 0 Å². The molecule has 0 unspecified atom stereocenters. The van der Waals surface area contributed by atoms with Crippen molar-refractivity contribution in [1.29, 1.82) is 0 Å². The van der Waals surface area contributed by atoms with E-state index in [0.29, 0.717) is 24.9 Å². The van der Waals surface area contributed by atoms with Crippen LogP contribution in [0.1, 0.15) is 60.4 Å². The predicted octanol–water partition coefficient (Wildman–Crippen LogP) is 3.56. The summed E-state index contributed by atoms with van der Waals surface area (Å²) < 4.78 is 29.2. The Balaban J connectivity index is 1.55. The van der Waals surface area contributed by atoms with Crippen molar-refractivity contribution >= 4 is 21.6 Å². The number of nitrogens with one attached hydrogen (secondary N) is 4. The van der Waals surface area contributed by atoms with Crippen molar-refractivity contribution in [3.63, 3.8) is 0 Å². The topological polar surface area (TPSA) is 116 Å². The average molecular weight is 482 g/mol. The molecule has 4 N–H and O–H groups in total. The number of rotatable bonds is 8. The van der Waals surface area contributed by atoms with E-state index in [-0.39, 0.29) is 16.3 Å². The van der Waals surface area contributed by atoms with E-state index in [1.807, 2.05) is 39.0 Å². The summed E-state index contributed by atoms with van der Waals surface area (Å²) in [6.07, 6.45) is 5.36. The second kappa shape index (κ2) is 9.60. The van der Waals surface area contributed by atoms with Crippen molar-refractivity contribution in [1.82, 2.24) is 20.0 Å². The van der Waals surface area contributed by atoms with Gasteiger partial charge in [0.2, 0.25) is 10.0 Å². The smallest absolute Gasteiger partial charge is 0.251 e. The number of aromatic nitrogens is 2. The van der Waals surface area contributed by atoms with Crippen LogP contribution in [0.25, 0.3) is 0 Å². The summed E-state index contributed by atoms with van der Waals surface area (Å²) in [6.45, 7) is 6.56. The Morgan fingerprint density at radius 3 is 2.62 bits per heavy atom. The monoisotopic (exact) mass is 481 g/mol. The number of amides is 1. The molecule has 2 aromatic carbocycles. The van der Waals surface area contributed by atoms with Gasteiger partial charge in [-0.3, -0.25) is 4.79 Å². The van der Waals surface area contributed by atoms with Crippen LogP contribution in [0, 0.1) is 0 Å². The lowest BCUT2D eigenvalue weighted by atomic mass is 9.85. The number of anilines is 1. The van der Waals surface area contributed by atoms with Crippen molar-refractivity contribution in [3.8, 4) is 0 Å². The molecule has 0 saturated carbocycles. The number of sulfonamides is 1. The molecular weight excluding hydrogens is 450 g/mol. The number of imidazole rings is 1. The third-order valence-corrected chi connectivity index (χ3v) is 7.54. The lowest BCUT2D eigenvalue weighted by molar-refractivity contribution is 0.0954. The molecule has 1 amide bonds. The van der Waals surface area contributed by atoms with Gasteiger partial charge in [-0.05, 0) is 68.1 Å². The van der Waals surface area contributed by atoms with Crippen LogP contribution in [0.4, 0.5) is 5.69 Å². The number of carbonyl (C=O) groups excluding carboxylic acids is 1. The Labute approximate surface area is 200 Å². The SMILES string of the molecule is CCc1ccc(S(=O)(=O)N[C@H]2CC(C)(C)Nc3ccc(C(=O)NCCc4cnc[nH]4)cc32)cc1. The van der Waals surface area contributed by atoms with Crippen molar-refractivity contribution in [2.45, 2.75) is 56.5 Å². The minimum absolute atomic E-state index is 0.205. The summed E-state index contributed by atoms with van der Waals surface area (Å²) in [6, 6.07) is 11.8. The van der Waals surface area contributed by atoms with Gasteiger partial charge in [0.1, 0.15) is 0 Å². The first-order valence-corrected chi connectivity index (χ1v) is 12.9. The highest BCUT2D eigenvalue weighted by atomic mass is 32.2. The van der Waals surface area contributed by atoms with Crippen LogP contribution in [0.5, 0.6) is 0 Å². The Kier molecular flexibility index (Phi) is 6.77. The van der Waals surface area contributed by atoms with Gasteiger partial charge in [0, 0.05) is 41.6 Å². The molecule has 0 bridgehead atoms. The molecule has 1 atom stereocenters. The molecule has 1 aromatic heterocycles. The van der Waals surface area contributed by atoms with Gasteiger partial charge in [0.25, 0.3) is 5.91 Å². The van der Waals surface area contributed by atoms with Crippen molar-refractivity contribution in [3.05, 3.63) is 77.4 Å². The number of benzene rings is 2. The van der Waals surface area contributed by atoms with Crippen LogP contribution in [-0.4, -0.2) is 36.4 Å². The van der Waals surface area contributed by atoms with Gasteiger partial charge in [-0.25, -0.2) is 18.1 Å². The summed E-state index contributed by atoms with van der Waals surface area (Å²) in [5.74, 6) is -0.205. The lowest BCUT2D eigenvalue weighted by Gasteiger charge is -2.39. The number of aryl methyl sites for hydroxylation is 1. The maximum atomic E-state index is 13.2. The first-order chi connectivity index (χ1) is 16.2. The number of carbonyl (C=O) groups is 1. The molecule has 1 aliphatic rings. The molecular formula is C25H31N5O3S. The fourth-order valence-corrected chi connectivity index (χ4v) is 5.46. The molecule has 3 aromatic rings. The lowest BCUT2D eigenvalue weighted by Crippen LogP contribution is -2.43. The first-order valence-electron chi connectivity index (χ1n) is 11.5. The van der Waals surface area contributed by atoms with E-state index in [4.69, 9.17) is 0 Å². The zero-order valence-corrected chi connectivity index (χ0v) is 20.5. The van der Waals surface area contributed by atoms with E-state index in [9.17, 15) is 13.2 Å². The highest BCUT2D eigenvalue weighted by Gasteiger charge is 2.34. The highest BCUT2D eigenvalue weighted by Crippen LogP contribution is 2.38. The molecule has 1 aliphatic heterocycles. The van der Waals surface area contributed by atoms with Gasteiger partial charge in [0.15, 0.2) is 0 Å². The van der Waals surface area contributed by atoms with Crippen LogP contribution in [0.2, 0.25) is 0 Å². The van der Waals surface area contributed by atoms with Crippen molar-refractivity contribution in [2.24, 2.45) is 0 Å². The van der Waals surface area contributed by atoms with E-state index in [0.717, 1.165) is 28.9 Å². The maximum absolute atomic E-state index is 13.2. The highest BCUT2D eigenvalue weighted by molar-refractivity contribution is 7.89. The van der Waals surface area contributed by atoms with Gasteiger partial charge >= 0.3 is 0 Å². The average Bonchev–Trinajstić information content (AvgIpc) is 3.31.